The Morgan fingerprint density at radius 3 is 2.63 bits per heavy atom. The summed E-state index contributed by atoms with van der Waals surface area (Å²) in [6, 6.07) is 5.09. The van der Waals surface area contributed by atoms with Crippen molar-refractivity contribution < 1.29 is 24.2 Å². The minimum atomic E-state index is -1.24. The first-order valence-electron chi connectivity index (χ1n) is 10.8. The Labute approximate surface area is 199 Å². The van der Waals surface area contributed by atoms with Crippen LogP contribution in [0.15, 0.2) is 35.3 Å². The van der Waals surface area contributed by atoms with Crippen LogP contribution in [0.25, 0.3) is 11.2 Å². The number of hydrogen-bond donors (Lipinski definition) is 5. The number of carbonyl (C=O) groups excluding carboxylic acids is 2. The maximum Gasteiger partial charge on any atom is 0.326 e. The van der Waals surface area contributed by atoms with Crippen LogP contribution in [0.5, 0.6) is 0 Å². The Morgan fingerprint density at radius 2 is 1.94 bits per heavy atom. The number of nitrogens with two attached hydrogens (primary N) is 1. The maximum atomic E-state index is 12.5. The molecule has 1 atom stereocenters. The highest BCUT2D eigenvalue weighted by Gasteiger charge is 2.22. The summed E-state index contributed by atoms with van der Waals surface area (Å²) in [5, 5.41) is 14.9. The van der Waals surface area contributed by atoms with E-state index in [1.54, 1.807) is 12.1 Å². The van der Waals surface area contributed by atoms with Gasteiger partial charge in [-0.2, -0.15) is 4.98 Å². The quantitative estimate of drug-likeness (QED) is 0.242. The van der Waals surface area contributed by atoms with Crippen LogP contribution >= 0.6 is 0 Å². The molecule has 0 fully saturated rings. The van der Waals surface area contributed by atoms with Gasteiger partial charge in [0.05, 0.1) is 25.0 Å². The second-order valence-electron chi connectivity index (χ2n) is 7.54. The molecule has 3 rings (SSSR count). The second kappa shape index (κ2) is 11.5. The van der Waals surface area contributed by atoms with Gasteiger partial charge < -0.3 is 26.2 Å². The Morgan fingerprint density at radius 1 is 1.20 bits per heavy atom. The largest absolute Gasteiger partial charge is 0.480 e. The van der Waals surface area contributed by atoms with Crippen molar-refractivity contribution >= 4 is 40.6 Å². The van der Waals surface area contributed by atoms with E-state index in [1.807, 2.05) is 6.92 Å². The maximum absolute atomic E-state index is 12.5. The number of anilines is 2. The van der Waals surface area contributed by atoms with Crippen molar-refractivity contribution in [1.82, 2.24) is 25.3 Å². The zero-order valence-electron chi connectivity index (χ0n) is 18.9. The van der Waals surface area contributed by atoms with E-state index in [2.05, 4.69) is 30.6 Å². The first-order valence-corrected chi connectivity index (χ1v) is 10.8. The molecule has 0 spiro atoms. The van der Waals surface area contributed by atoms with Crippen LogP contribution in [0, 0.1) is 0 Å². The number of aliphatic carboxylic acids is 1. The van der Waals surface area contributed by atoms with Gasteiger partial charge in [0.15, 0.2) is 11.2 Å². The van der Waals surface area contributed by atoms with Gasteiger partial charge in [-0.15, -0.1) is 0 Å². The monoisotopic (exact) mass is 483 g/mol. The molecule has 0 aliphatic rings. The number of aromatic amines is 1. The lowest BCUT2D eigenvalue weighted by atomic mass is 10.1. The first-order chi connectivity index (χ1) is 16.8. The number of nitrogens with zero attached hydrogens (tertiary/aromatic N) is 3. The van der Waals surface area contributed by atoms with Gasteiger partial charge >= 0.3 is 11.9 Å². The van der Waals surface area contributed by atoms with Crippen molar-refractivity contribution in [3.8, 4) is 0 Å². The predicted molar refractivity (Wildman–Crippen MR) is 126 cm³/mol. The summed E-state index contributed by atoms with van der Waals surface area (Å²) in [4.78, 5) is 62.1. The average molecular weight is 483 g/mol. The molecule has 2 aromatic heterocycles. The van der Waals surface area contributed by atoms with E-state index in [-0.39, 0.29) is 48.7 Å². The number of carbonyl (C=O) groups is 3. The van der Waals surface area contributed by atoms with Crippen LogP contribution in [0.2, 0.25) is 0 Å². The summed E-state index contributed by atoms with van der Waals surface area (Å²) >= 11 is 0. The van der Waals surface area contributed by atoms with Gasteiger partial charge in [-0.3, -0.25) is 19.4 Å². The van der Waals surface area contributed by atoms with Crippen molar-refractivity contribution in [2.75, 3.05) is 17.7 Å². The minimum absolute atomic E-state index is 0.0454. The SMILES string of the molecule is CCCOC(=O)CC[C@H](NC(=O)c1ccc(NCc2cnc3nc(N)[nH]c(=O)c3n2)cc1)C(=O)O. The third-order valence-electron chi connectivity index (χ3n) is 4.81. The van der Waals surface area contributed by atoms with Gasteiger partial charge in [-0.05, 0) is 37.1 Å². The average Bonchev–Trinajstić information content (AvgIpc) is 2.84. The third kappa shape index (κ3) is 6.96. The molecule has 0 aliphatic carbocycles. The molecule has 0 bridgehead atoms. The molecule has 13 nitrogen and oxygen atoms in total. The van der Waals surface area contributed by atoms with Gasteiger partial charge in [-0.1, -0.05) is 6.92 Å². The van der Waals surface area contributed by atoms with Crippen LogP contribution in [-0.4, -0.2) is 55.5 Å². The number of amides is 1. The number of carboxylic acid groups (broad SMARTS) is 1. The molecule has 0 aliphatic heterocycles. The number of hydrogen-bond acceptors (Lipinski definition) is 10. The molecule has 13 heteroatoms. The Bertz CT molecular complexity index is 1280. The van der Waals surface area contributed by atoms with Gasteiger partial charge in [0.1, 0.15) is 6.04 Å². The topological polar surface area (TPSA) is 202 Å². The zero-order chi connectivity index (χ0) is 25.4. The standard InChI is InChI=1S/C22H25N7O6/c1-2-9-35-16(30)8-7-15(21(33)34)27-19(31)12-3-5-13(6-4-12)24-10-14-11-25-18-17(26-14)20(32)29-22(23)28-18/h3-6,11,15,24H,2,7-10H2,1H3,(H,27,31)(H,33,34)(H3,23,25,28,29,32)/t15-/m0/s1. The summed E-state index contributed by atoms with van der Waals surface area (Å²) in [5.74, 6) is -2.38. The van der Waals surface area contributed by atoms with Crippen molar-refractivity contribution in [2.45, 2.75) is 38.8 Å². The summed E-state index contributed by atoms with van der Waals surface area (Å²) in [7, 11) is 0. The molecular formula is C22H25N7O6. The minimum Gasteiger partial charge on any atom is -0.480 e. The van der Waals surface area contributed by atoms with Gasteiger partial charge in [-0.25, -0.2) is 14.8 Å². The molecule has 2 heterocycles. The summed E-state index contributed by atoms with van der Waals surface area (Å²) in [5.41, 5.74) is 6.59. The molecule has 1 amide bonds. The van der Waals surface area contributed by atoms with Gasteiger partial charge in [0, 0.05) is 17.7 Å². The Hall–Kier alpha value is -4.55. The number of esters is 1. The van der Waals surface area contributed by atoms with Crippen LogP contribution in [0.1, 0.15) is 42.2 Å². The predicted octanol–water partition coefficient (Wildman–Crippen LogP) is 0.824. The molecule has 6 N–H and O–H groups in total. The summed E-state index contributed by atoms with van der Waals surface area (Å²) in [6.45, 7) is 2.36. The lowest BCUT2D eigenvalue weighted by Crippen LogP contribution is -2.41. The summed E-state index contributed by atoms with van der Waals surface area (Å²) < 4.78 is 4.93. The molecule has 0 saturated heterocycles. The summed E-state index contributed by atoms with van der Waals surface area (Å²) in [6.07, 6.45) is 1.93. The molecule has 0 saturated carbocycles. The van der Waals surface area contributed by atoms with Crippen LogP contribution in [0.3, 0.4) is 0 Å². The smallest absolute Gasteiger partial charge is 0.326 e. The van der Waals surface area contributed by atoms with E-state index in [4.69, 9.17) is 10.5 Å². The number of benzene rings is 1. The number of rotatable bonds is 11. The van der Waals surface area contributed by atoms with Gasteiger partial charge in [0.2, 0.25) is 5.95 Å². The van der Waals surface area contributed by atoms with Crippen molar-refractivity contribution in [3.05, 3.63) is 52.1 Å². The molecule has 3 aromatic rings. The number of ether oxygens (including phenoxy) is 1. The lowest BCUT2D eigenvalue weighted by molar-refractivity contribution is -0.144. The van der Waals surface area contributed by atoms with Crippen LogP contribution < -0.4 is 21.9 Å². The van der Waals surface area contributed by atoms with E-state index < -0.39 is 29.4 Å². The fourth-order valence-corrected chi connectivity index (χ4v) is 3.04. The lowest BCUT2D eigenvalue weighted by Gasteiger charge is -2.14. The van der Waals surface area contributed by atoms with Crippen LogP contribution in [-0.2, 0) is 20.9 Å². The van der Waals surface area contributed by atoms with Crippen LogP contribution in [0.4, 0.5) is 11.6 Å². The third-order valence-corrected chi connectivity index (χ3v) is 4.81. The highest BCUT2D eigenvalue weighted by molar-refractivity contribution is 5.97. The number of aromatic nitrogens is 4. The molecule has 0 radical (unpaired) electrons. The Balaban J connectivity index is 1.57. The van der Waals surface area contributed by atoms with Crippen molar-refractivity contribution in [2.24, 2.45) is 0 Å². The second-order valence-corrected chi connectivity index (χ2v) is 7.54. The van der Waals surface area contributed by atoms with E-state index in [0.717, 1.165) is 0 Å². The molecule has 184 valence electrons. The number of carboxylic acids is 1. The van der Waals surface area contributed by atoms with E-state index in [0.29, 0.717) is 17.8 Å². The number of H-pyrrole nitrogens is 1. The van der Waals surface area contributed by atoms with E-state index >= 15 is 0 Å². The van der Waals surface area contributed by atoms with Crippen molar-refractivity contribution in [3.63, 3.8) is 0 Å². The molecule has 0 unspecified atom stereocenters. The number of nitrogens with one attached hydrogen (secondary N) is 3. The number of nitrogen functional groups attached to an aromatic ring is 1. The highest BCUT2D eigenvalue weighted by Crippen LogP contribution is 2.12. The van der Waals surface area contributed by atoms with Crippen molar-refractivity contribution in [1.29, 1.82) is 0 Å². The number of fused-ring (bicyclic) bond motifs is 1. The first kappa shape index (κ1) is 25.1. The van der Waals surface area contributed by atoms with E-state index in [1.165, 1.54) is 18.3 Å². The van der Waals surface area contributed by atoms with Gasteiger partial charge in [0.25, 0.3) is 11.5 Å². The zero-order valence-corrected chi connectivity index (χ0v) is 18.9. The normalized spacial score (nSPS) is 11.6. The van der Waals surface area contributed by atoms with E-state index in [9.17, 15) is 24.3 Å². The molecule has 35 heavy (non-hydrogen) atoms. The highest BCUT2D eigenvalue weighted by atomic mass is 16.5. The molecular weight excluding hydrogens is 458 g/mol. The fourth-order valence-electron chi connectivity index (χ4n) is 3.04. The Kier molecular flexibility index (Phi) is 8.27. The fraction of sp³-hybridized carbons (Fsp3) is 0.318. The molecule has 1 aromatic carbocycles.